The highest BCUT2D eigenvalue weighted by Gasteiger charge is 2.53. The van der Waals surface area contributed by atoms with Gasteiger partial charge in [-0.25, -0.2) is 23.4 Å². The van der Waals surface area contributed by atoms with Gasteiger partial charge in [-0.2, -0.15) is 0 Å². The zero-order valence-electron chi connectivity index (χ0n) is 32.3. The predicted octanol–water partition coefficient (Wildman–Crippen LogP) is 7.25. The van der Waals surface area contributed by atoms with Gasteiger partial charge >= 0.3 is 18.0 Å². The molecule has 290 valence electrons. The third kappa shape index (κ3) is 6.91. The van der Waals surface area contributed by atoms with Crippen molar-refractivity contribution in [2.24, 2.45) is 18.4 Å². The van der Waals surface area contributed by atoms with E-state index in [1.807, 2.05) is 20.8 Å². The number of aryl methyl sites for hydroxylation is 1. The number of benzene rings is 1. The van der Waals surface area contributed by atoms with Crippen molar-refractivity contribution >= 4 is 40.4 Å². The maximum absolute atomic E-state index is 16.4. The molecule has 1 amide bonds. The minimum absolute atomic E-state index is 0.0269. The summed E-state index contributed by atoms with van der Waals surface area (Å²) in [5.41, 5.74) is 0.165. The lowest BCUT2D eigenvalue weighted by Gasteiger charge is -2.28. The highest BCUT2D eigenvalue weighted by Crippen LogP contribution is 2.59. The van der Waals surface area contributed by atoms with E-state index in [0.29, 0.717) is 46.7 Å². The number of carbonyl (C=O) groups is 3. The average Bonchev–Trinajstić information content (AvgIpc) is 3.49. The number of fused-ring (bicyclic) bond motifs is 4. The molecule has 4 heterocycles. The van der Waals surface area contributed by atoms with Gasteiger partial charge in [0.25, 0.3) is 0 Å². The molecule has 7 rings (SSSR count). The molecule has 12 nitrogen and oxygen atoms in total. The van der Waals surface area contributed by atoms with Crippen LogP contribution in [0.25, 0.3) is 33.3 Å². The second-order valence-corrected chi connectivity index (χ2v) is 17.0. The quantitative estimate of drug-likeness (QED) is 0.169. The Morgan fingerprint density at radius 3 is 2.35 bits per heavy atom. The fourth-order valence-electron chi connectivity index (χ4n) is 8.14. The van der Waals surface area contributed by atoms with Gasteiger partial charge in [-0.05, 0) is 83.8 Å². The zero-order chi connectivity index (χ0) is 39.9. The number of carboxylic acid groups (broad SMARTS) is 1. The van der Waals surface area contributed by atoms with E-state index in [-0.39, 0.29) is 52.4 Å². The maximum atomic E-state index is 16.4. The normalized spacial score (nSPS) is 17.2. The first-order valence-corrected chi connectivity index (χ1v) is 18.4. The SMILES string of the molecule is CN(C(=O)OC(C)(C)C)c1cc(F)c(F)c2c1Cc1ncc(-c3cnc4c(c3)c(=O)c(C(=O)O)cn4C)c(N3CCC(C4(CC(=O)OC(C)(C)C)CC4)C3)c1-2. The molecule has 14 heteroatoms. The summed E-state index contributed by atoms with van der Waals surface area (Å²) in [6.45, 7) is 11.7. The number of amides is 1. The van der Waals surface area contributed by atoms with Gasteiger partial charge in [0.2, 0.25) is 5.43 Å². The number of carbonyl (C=O) groups excluding carboxylic acids is 2. The molecular weight excluding hydrogens is 712 g/mol. The lowest BCUT2D eigenvalue weighted by molar-refractivity contribution is -0.156. The maximum Gasteiger partial charge on any atom is 0.414 e. The van der Waals surface area contributed by atoms with Crippen LogP contribution in [0.4, 0.5) is 25.0 Å². The van der Waals surface area contributed by atoms with Gasteiger partial charge < -0.3 is 24.0 Å². The summed E-state index contributed by atoms with van der Waals surface area (Å²) in [7, 11) is 3.04. The van der Waals surface area contributed by atoms with Crippen LogP contribution in [0.1, 0.15) is 88.8 Å². The molecular formula is C41H45F2N5O7. The highest BCUT2D eigenvalue weighted by atomic mass is 19.2. The van der Waals surface area contributed by atoms with E-state index in [2.05, 4.69) is 9.88 Å². The number of esters is 1. The molecule has 2 fully saturated rings. The van der Waals surface area contributed by atoms with E-state index in [0.717, 1.165) is 25.3 Å². The molecule has 1 N–H and O–H groups in total. The minimum Gasteiger partial charge on any atom is -0.477 e. The molecule has 0 bridgehead atoms. The third-order valence-electron chi connectivity index (χ3n) is 10.8. The van der Waals surface area contributed by atoms with E-state index < -0.39 is 45.9 Å². The van der Waals surface area contributed by atoms with Crippen molar-refractivity contribution in [1.29, 1.82) is 0 Å². The molecule has 1 atom stereocenters. The molecule has 3 aliphatic rings. The van der Waals surface area contributed by atoms with Crippen LogP contribution in [0, 0.1) is 23.0 Å². The minimum atomic E-state index is -1.38. The second-order valence-electron chi connectivity index (χ2n) is 17.0. The van der Waals surface area contributed by atoms with Gasteiger partial charge in [-0.15, -0.1) is 0 Å². The zero-order valence-corrected chi connectivity index (χ0v) is 32.3. The number of rotatable bonds is 7. The lowest BCUT2D eigenvalue weighted by atomic mass is 9.85. The Labute approximate surface area is 317 Å². The molecule has 0 radical (unpaired) electrons. The average molecular weight is 758 g/mol. The Bertz CT molecular complexity index is 2360. The van der Waals surface area contributed by atoms with Crippen molar-refractivity contribution in [1.82, 2.24) is 14.5 Å². The summed E-state index contributed by atoms with van der Waals surface area (Å²) in [6, 6.07) is 2.55. The summed E-state index contributed by atoms with van der Waals surface area (Å²) >= 11 is 0. The van der Waals surface area contributed by atoms with Crippen LogP contribution in [0.3, 0.4) is 0 Å². The van der Waals surface area contributed by atoms with Crippen molar-refractivity contribution in [3.05, 3.63) is 69.4 Å². The van der Waals surface area contributed by atoms with Crippen LogP contribution in [0.5, 0.6) is 0 Å². The summed E-state index contributed by atoms with van der Waals surface area (Å²) in [6.07, 6.45) is 6.45. The lowest BCUT2D eigenvalue weighted by Crippen LogP contribution is -2.34. The van der Waals surface area contributed by atoms with Crippen LogP contribution in [0.2, 0.25) is 0 Å². The number of aromatic nitrogens is 3. The summed E-state index contributed by atoms with van der Waals surface area (Å²) < 4.78 is 44.8. The molecule has 3 aromatic heterocycles. The van der Waals surface area contributed by atoms with Crippen molar-refractivity contribution in [3.8, 4) is 22.3 Å². The van der Waals surface area contributed by atoms with Crippen molar-refractivity contribution < 1.29 is 37.7 Å². The number of pyridine rings is 3. The topological polar surface area (TPSA) is 144 Å². The summed E-state index contributed by atoms with van der Waals surface area (Å²) in [5, 5.41) is 9.82. The van der Waals surface area contributed by atoms with Crippen molar-refractivity contribution in [2.45, 2.75) is 84.8 Å². The van der Waals surface area contributed by atoms with Gasteiger partial charge in [0.1, 0.15) is 22.4 Å². The highest BCUT2D eigenvalue weighted by molar-refractivity contribution is 6.00. The molecule has 1 saturated heterocycles. The van der Waals surface area contributed by atoms with Gasteiger partial charge in [-0.3, -0.25) is 19.5 Å². The number of hydrogen-bond acceptors (Lipinski definition) is 9. The number of halogens is 2. The fourth-order valence-corrected chi connectivity index (χ4v) is 8.14. The molecule has 4 aromatic rings. The predicted molar refractivity (Wildman–Crippen MR) is 202 cm³/mol. The number of aromatic carboxylic acids is 1. The summed E-state index contributed by atoms with van der Waals surface area (Å²) in [5.74, 6) is -3.79. The largest absolute Gasteiger partial charge is 0.477 e. The van der Waals surface area contributed by atoms with E-state index >= 15 is 8.78 Å². The van der Waals surface area contributed by atoms with Gasteiger partial charge in [0, 0.05) is 80.5 Å². The molecule has 1 saturated carbocycles. The Balaban J connectivity index is 1.39. The number of nitrogens with zero attached hydrogens (tertiary/aromatic N) is 5. The Morgan fingerprint density at radius 2 is 1.71 bits per heavy atom. The standard InChI is InChI=1S/C41H45F2N5O7/c1-39(2,3)54-30(49)16-41(10-11-41)22-9-12-48(19-22)34-25(21-13-24-35(50)26(37(51)52)20-46(7)36(24)45-17-21)18-44-28-14-23-29(47(8)38(53)55-40(4,5)6)15-27(42)33(43)31(23)32(28)34/h13,15,17-18,20,22H,9-12,14,16,19H2,1-8H3,(H,51,52). The Hall–Kier alpha value is -5.40. The second kappa shape index (κ2) is 13.1. The molecule has 1 aliphatic heterocycles. The van der Waals surface area contributed by atoms with Gasteiger partial charge in [-0.1, -0.05) is 0 Å². The molecule has 1 unspecified atom stereocenters. The third-order valence-corrected chi connectivity index (χ3v) is 10.8. The van der Waals surface area contributed by atoms with Crippen LogP contribution < -0.4 is 15.2 Å². The van der Waals surface area contributed by atoms with Crippen LogP contribution in [0.15, 0.2) is 35.5 Å². The van der Waals surface area contributed by atoms with Gasteiger partial charge in [0.05, 0.1) is 28.9 Å². The number of carboxylic acids is 1. The van der Waals surface area contributed by atoms with Crippen molar-refractivity contribution in [2.75, 3.05) is 29.9 Å². The van der Waals surface area contributed by atoms with E-state index in [4.69, 9.17) is 14.5 Å². The van der Waals surface area contributed by atoms with Crippen LogP contribution in [-0.2, 0) is 27.7 Å². The smallest absolute Gasteiger partial charge is 0.414 e. The summed E-state index contributed by atoms with van der Waals surface area (Å²) in [4.78, 5) is 64.2. The molecule has 55 heavy (non-hydrogen) atoms. The van der Waals surface area contributed by atoms with E-state index in [1.165, 1.54) is 22.7 Å². The van der Waals surface area contributed by atoms with E-state index in [1.54, 1.807) is 46.3 Å². The van der Waals surface area contributed by atoms with Crippen molar-refractivity contribution in [3.63, 3.8) is 0 Å². The van der Waals surface area contributed by atoms with Gasteiger partial charge in [0.15, 0.2) is 11.6 Å². The Kier molecular flexibility index (Phi) is 9.04. The fraction of sp³-hybridized carbons (Fsp3) is 0.463. The first kappa shape index (κ1) is 37.9. The monoisotopic (exact) mass is 757 g/mol. The number of anilines is 2. The van der Waals surface area contributed by atoms with E-state index in [9.17, 15) is 24.3 Å². The first-order chi connectivity index (χ1) is 25.7. The Morgan fingerprint density at radius 1 is 1.02 bits per heavy atom. The first-order valence-electron chi connectivity index (χ1n) is 18.4. The van der Waals surface area contributed by atoms with Crippen LogP contribution in [-0.4, -0.2) is 69.0 Å². The molecule has 2 aliphatic carbocycles. The molecule has 1 aromatic carbocycles. The number of ether oxygens (including phenoxy) is 2. The number of hydrogen-bond donors (Lipinski definition) is 1. The molecule has 0 spiro atoms. The van der Waals surface area contributed by atoms with Crippen LogP contribution >= 0.6 is 0 Å².